The van der Waals surface area contributed by atoms with Crippen LogP contribution >= 0.6 is 0 Å². The normalized spacial score (nSPS) is 17.7. The number of aliphatic hydroxyl groups is 1. The van der Waals surface area contributed by atoms with Crippen molar-refractivity contribution < 1.29 is 24.2 Å². The maximum atomic E-state index is 13.1. The summed E-state index contributed by atoms with van der Waals surface area (Å²) in [6.07, 6.45) is -0.557. The van der Waals surface area contributed by atoms with Crippen molar-refractivity contribution in [3.8, 4) is 0 Å². The van der Waals surface area contributed by atoms with Gasteiger partial charge in [-0.05, 0) is 29.9 Å². The van der Waals surface area contributed by atoms with Crippen LogP contribution in [0, 0.1) is 11.8 Å². The maximum Gasteiger partial charge on any atom is 0.408 e. The van der Waals surface area contributed by atoms with Gasteiger partial charge in [0.1, 0.15) is 18.4 Å². The molecule has 1 fully saturated rings. The Morgan fingerprint density at radius 2 is 1.58 bits per heavy atom. The van der Waals surface area contributed by atoms with Crippen LogP contribution in [0.5, 0.6) is 0 Å². The van der Waals surface area contributed by atoms with Gasteiger partial charge in [-0.1, -0.05) is 74.5 Å². The molecule has 1 aliphatic rings. The molecule has 2 amide bonds. The predicted molar refractivity (Wildman–Crippen MR) is 124 cm³/mol. The Bertz CT molecular complexity index is 932. The molecule has 0 aliphatic heterocycles. The summed E-state index contributed by atoms with van der Waals surface area (Å²) in [5.41, 5.74) is 1.78. The van der Waals surface area contributed by atoms with Crippen molar-refractivity contribution in [1.82, 2.24) is 10.6 Å². The number of aliphatic hydroxyl groups excluding tert-OH is 1. The van der Waals surface area contributed by atoms with Crippen LogP contribution in [0.25, 0.3) is 0 Å². The Labute approximate surface area is 194 Å². The van der Waals surface area contributed by atoms with Gasteiger partial charge in [0.25, 0.3) is 0 Å². The van der Waals surface area contributed by atoms with Crippen molar-refractivity contribution in [1.29, 1.82) is 0 Å². The standard InChI is InChI=1S/C26H32N2O5/c1-17(2)13-22(28-26(32)33-16-19-11-7-4-8-12-19)25(31)27-21(24(30)20-15-23(20)29)14-18-9-5-3-6-10-18/h3-12,17,20-22,24,30H,13-16H2,1-2H3,(H,27,31)(H,28,32)/t20?,21-,22-,24?/m0/s1. The lowest BCUT2D eigenvalue weighted by Gasteiger charge is -2.27. The number of Topliss-reactive ketones (excluding diaryl/α,β-unsaturated/α-hetero) is 1. The van der Waals surface area contributed by atoms with E-state index in [0.29, 0.717) is 19.3 Å². The molecule has 2 aromatic rings. The van der Waals surface area contributed by atoms with Crippen molar-refractivity contribution >= 4 is 17.8 Å². The summed E-state index contributed by atoms with van der Waals surface area (Å²) in [6.45, 7) is 4.01. The summed E-state index contributed by atoms with van der Waals surface area (Å²) >= 11 is 0. The Morgan fingerprint density at radius 1 is 1.00 bits per heavy atom. The number of ketones is 1. The minimum atomic E-state index is -0.980. The third kappa shape index (κ3) is 7.71. The molecule has 2 unspecified atom stereocenters. The van der Waals surface area contributed by atoms with Crippen LogP contribution < -0.4 is 10.6 Å². The smallest absolute Gasteiger partial charge is 0.408 e. The van der Waals surface area contributed by atoms with Crippen LogP contribution in [-0.4, -0.2) is 41.1 Å². The molecule has 2 aromatic carbocycles. The fourth-order valence-electron chi connectivity index (χ4n) is 3.77. The highest BCUT2D eigenvalue weighted by Crippen LogP contribution is 2.30. The average molecular weight is 453 g/mol. The molecule has 0 spiro atoms. The van der Waals surface area contributed by atoms with E-state index in [1.165, 1.54) is 0 Å². The molecule has 0 bridgehead atoms. The maximum absolute atomic E-state index is 13.1. The first kappa shape index (κ1) is 24.5. The fraction of sp³-hybridized carbons (Fsp3) is 0.423. The summed E-state index contributed by atoms with van der Waals surface area (Å²) in [5, 5.41) is 16.3. The third-order valence-corrected chi connectivity index (χ3v) is 5.65. The Morgan fingerprint density at radius 3 is 2.12 bits per heavy atom. The van der Waals surface area contributed by atoms with Crippen LogP contribution in [0.1, 0.15) is 37.8 Å². The first-order valence-electron chi connectivity index (χ1n) is 11.4. The molecule has 3 rings (SSSR count). The number of benzene rings is 2. The van der Waals surface area contributed by atoms with Crippen LogP contribution in [0.2, 0.25) is 0 Å². The second-order valence-corrected chi connectivity index (χ2v) is 8.96. The molecule has 0 radical (unpaired) electrons. The van der Waals surface area contributed by atoms with Gasteiger partial charge < -0.3 is 20.5 Å². The van der Waals surface area contributed by atoms with Gasteiger partial charge in [-0.15, -0.1) is 0 Å². The minimum absolute atomic E-state index is 0.00356. The van der Waals surface area contributed by atoms with E-state index in [0.717, 1.165) is 11.1 Å². The Balaban J connectivity index is 1.64. The van der Waals surface area contributed by atoms with Crippen molar-refractivity contribution in [2.75, 3.05) is 0 Å². The highest BCUT2D eigenvalue weighted by molar-refractivity contribution is 5.96. The molecule has 0 aromatic heterocycles. The van der Waals surface area contributed by atoms with E-state index in [1.54, 1.807) is 0 Å². The first-order chi connectivity index (χ1) is 15.8. The molecule has 1 aliphatic carbocycles. The summed E-state index contributed by atoms with van der Waals surface area (Å²) in [7, 11) is 0. The molecular formula is C26H32N2O5. The zero-order valence-corrected chi connectivity index (χ0v) is 19.1. The summed E-state index contributed by atoms with van der Waals surface area (Å²) in [4.78, 5) is 37.2. The number of hydrogen-bond donors (Lipinski definition) is 3. The second-order valence-electron chi connectivity index (χ2n) is 8.96. The summed E-state index contributed by atoms with van der Waals surface area (Å²) < 4.78 is 5.28. The number of hydrogen-bond acceptors (Lipinski definition) is 5. The average Bonchev–Trinajstić information content (AvgIpc) is 3.54. The van der Waals surface area contributed by atoms with E-state index in [1.807, 2.05) is 74.5 Å². The van der Waals surface area contributed by atoms with E-state index < -0.39 is 36.1 Å². The number of amides is 2. The number of rotatable bonds is 11. The highest BCUT2D eigenvalue weighted by atomic mass is 16.5. The van der Waals surface area contributed by atoms with E-state index in [4.69, 9.17) is 4.74 Å². The zero-order valence-electron chi connectivity index (χ0n) is 19.1. The monoisotopic (exact) mass is 452 g/mol. The van der Waals surface area contributed by atoms with E-state index in [-0.39, 0.29) is 18.3 Å². The quantitative estimate of drug-likeness (QED) is 0.486. The Kier molecular flexibility index (Phi) is 8.60. The largest absolute Gasteiger partial charge is 0.445 e. The van der Waals surface area contributed by atoms with Gasteiger partial charge in [0.05, 0.1) is 18.1 Å². The number of carbonyl (C=O) groups is 3. The van der Waals surface area contributed by atoms with Gasteiger partial charge in [-0.2, -0.15) is 0 Å². The molecule has 4 atom stereocenters. The molecule has 7 heteroatoms. The lowest BCUT2D eigenvalue weighted by atomic mass is 9.97. The van der Waals surface area contributed by atoms with Gasteiger partial charge >= 0.3 is 6.09 Å². The first-order valence-corrected chi connectivity index (χ1v) is 11.4. The van der Waals surface area contributed by atoms with Crippen LogP contribution in [0.3, 0.4) is 0 Å². The van der Waals surface area contributed by atoms with Crippen molar-refractivity contribution in [2.24, 2.45) is 11.8 Å². The number of carbonyl (C=O) groups excluding carboxylic acids is 3. The fourth-order valence-corrected chi connectivity index (χ4v) is 3.77. The van der Waals surface area contributed by atoms with Crippen LogP contribution in [-0.2, 0) is 27.4 Å². The molecule has 0 heterocycles. The van der Waals surface area contributed by atoms with Gasteiger partial charge in [0, 0.05) is 6.42 Å². The van der Waals surface area contributed by atoms with Crippen LogP contribution in [0.15, 0.2) is 60.7 Å². The number of nitrogens with one attached hydrogen (secondary N) is 2. The molecule has 176 valence electrons. The lowest BCUT2D eigenvalue weighted by molar-refractivity contribution is -0.125. The van der Waals surface area contributed by atoms with Gasteiger partial charge in [-0.3, -0.25) is 9.59 Å². The Hall–Kier alpha value is -3.19. The third-order valence-electron chi connectivity index (χ3n) is 5.65. The lowest BCUT2D eigenvalue weighted by Crippen LogP contribution is -2.54. The highest BCUT2D eigenvalue weighted by Gasteiger charge is 2.44. The SMILES string of the molecule is CC(C)C[C@H](NC(=O)OCc1ccccc1)C(=O)N[C@@H](Cc1ccccc1)C(O)C1CC1=O. The zero-order chi connectivity index (χ0) is 23.8. The molecule has 0 saturated heterocycles. The number of ether oxygens (including phenoxy) is 1. The number of alkyl carbamates (subject to hydrolysis) is 1. The van der Waals surface area contributed by atoms with Crippen molar-refractivity contribution in [3.05, 3.63) is 71.8 Å². The summed E-state index contributed by atoms with van der Waals surface area (Å²) in [5.74, 6) is -0.728. The van der Waals surface area contributed by atoms with Crippen molar-refractivity contribution in [2.45, 2.75) is 57.9 Å². The molecule has 3 N–H and O–H groups in total. The van der Waals surface area contributed by atoms with Crippen molar-refractivity contribution in [3.63, 3.8) is 0 Å². The topological polar surface area (TPSA) is 105 Å². The minimum Gasteiger partial charge on any atom is -0.445 e. The predicted octanol–water partition coefficient (Wildman–Crippen LogP) is 3.00. The molecule has 33 heavy (non-hydrogen) atoms. The van der Waals surface area contributed by atoms with Gasteiger partial charge in [-0.25, -0.2) is 4.79 Å². The van der Waals surface area contributed by atoms with E-state index in [9.17, 15) is 19.5 Å². The second kappa shape index (κ2) is 11.6. The molecule has 7 nitrogen and oxygen atoms in total. The molecular weight excluding hydrogens is 420 g/mol. The van der Waals surface area contributed by atoms with E-state index in [2.05, 4.69) is 10.6 Å². The summed E-state index contributed by atoms with van der Waals surface area (Å²) in [6, 6.07) is 17.3. The van der Waals surface area contributed by atoms with E-state index >= 15 is 0 Å². The van der Waals surface area contributed by atoms with Gasteiger partial charge in [0.15, 0.2) is 0 Å². The molecule has 1 saturated carbocycles. The van der Waals surface area contributed by atoms with Gasteiger partial charge in [0.2, 0.25) is 5.91 Å². The van der Waals surface area contributed by atoms with Crippen LogP contribution in [0.4, 0.5) is 4.79 Å².